The van der Waals surface area contributed by atoms with Crippen LogP contribution in [0.25, 0.3) is 0 Å². The molecule has 2 nitrogen and oxygen atoms in total. The van der Waals surface area contributed by atoms with Crippen LogP contribution in [0, 0.1) is 0 Å². The van der Waals surface area contributed by atoms with E-state index in [1.54, 1.807) is 5.56 Å². The van der Waals surface area contributed by atoms with Crippen LogP contribution in [0.15, 0.2) is 30.3 Å². The van der Waals surface area contributed by atoms with Crippen LogP contribution in [0.1, 0.15) is 31.7 Å². The van der Waals surface area contributed by atoms with E-state index in [1.165, 1.54) is 44.6 Å². The van der Waals surface area contributed by atoms with E-state index in [0.29, 0.717) is 5.41 Å². The number of nitrogens with zero attached hydrogens (tertiary/aromatic N) is 1. The van der Waals surface area contributed by atoms with Crippen LogP contribution >= 0.6 is 11.8 Å². The van der Waals surface area contributed by atoms with Crippen LogP contribution in [-0.2, 0) is 5.41 Å². The quantitative estimate of drug-likeness (QED) is 0.920. The second-order valence-corrected chi connectivity index (χ2v) is 7.94. The van der Waals surface area contributed by atoms with Crippen molar-refractivity contribution in [2.45, 2.75) is 36.9 Å². The molecule has 2 heterocycles. The van der Waals surface area contributed by atoms with Gasteiger partial charge in [-0.25, -0.2) is 0 Å². The van der Waals surface area contributed by atoms with Gasteiger partial charge < -0.3 is 10.2 Å². The molecular formula is C18H28N2S. The minimum absolute atomic E-state index is 0.368. The van der Waals surface area contributed by atoms with E-state index in [2.05, 4.69) is 59.2 Å². The van der Waals surface area contributed by atoms with Gasteiger partial charge in [-0.15, -0.1) is 0 Å². The largest absolute Gasteiger partial charge is 0.317 e. The molecule has 0 amide bonds. The third-order valence-corrected chi connectivity index (χ3v) is 6.52. The molecule has 1 unspecified atom stereocenters. The first-order chi connectivity index (χ1) is 10.3. The van der Waals surface area contributed by atoms with Gasteiger partial charge in [0.15, 0.2) is 0 Å². The Balaban J connectivity index is 1.76. The van der Waals surface area contributed by atoms with Crippen LogP contribution in [0.2, 0.25) is 0 Å². The highest BCUT2D eigenvalue weighted by atomic mass is 32.2. The summed E-state index contributed by atoms with van der Waals surface area (Å²) in [6, 6.07) is 11.3. The van der Waals surface area contributed by atoms with Gasteiger partial charge in [0.05, 0.1) is 0 Å². The fraction of sp³-hybridized carbons (Fsp3) is 0.667. The lowest BCUT2D eigenvalue weighted by molar-refractivity contribution is 0.177. The molecule has 0 aliphatic carbocycles. The van der Waals surface area contributed by atoms with Gasteiger partial charge in [0, 0.05) is 36.1 Å². The van der Waals surface area contributed by atoms with Crippen molar-refractivity contribution >= 4 is 11.8 Å². The first-order valence-corrected chi connectivity index (χ1v) is 9.47. The molecule has 1 aromatic carbocycles. The zero-order valence-electron chi connectivity index (χ0n) is 13.2. The van der Waals surface area contributed by atoms with Crippen LogP contribution in [0.3, 0.4) is 0 Å². The van der Waals surface area contributed by atoms with Gasteiger partial charge >= 0.3 is 0 Å². The number of rotatable bonds is 4. The van der Waals surface area contributed by atoms with Crippen LogP contribution in [0.5, 0.6) is 0 Å². The molecule has 21 heavy (non-hydrogen) atoms. The van der Waals surface area contributed by atoms with E-state index in [1.807, 2.05) is 0 Å². The van der Waals surface area contributed by atoms with E-state index in [0.717, 1.165) is 18.3 Å². The summed E-state index contributed by atoms with van der Waals surface area (Å²) in [4.78, 5) is 2.74. The summed E-state index contributed by atoms with van der Waals surface area (Å²) in [6.07, 6.45) is 3.86. The highest BCUT2D eigenvalue weighted by molar-refractivity contribution is 8.00. The van der Waals surface area contributed by atoms with E-state index in [4.69, 9.17) is 0 Å². The lowest BCUT2D eigenvalue weighted by Gasteiger charge is -2.44. The summed E-state index contributed by atoms with van der Waals surface area (Å²) < 4.78 is 0. The van der Waals surface area contributed by atoms with Crippen molar-refractivity contribution in [1.82, 2.24) is 10.2 Å². The Labute approximate surface area is 133 Å². The molecule has 0 bridgehead atoms. The zero-order valence-corrected chi connectivity index (χ0v) is 14.0. The number of benzene rings is 1. The SMILES string of the molecule is CCC1CN(CC2(c3ccccc3)CCNCC2)CCS1. The fourth-order valence-corrected chi connectivity index (χ4v) is 5.08. The van der Waals surface area contributed by atoms with Crippen molar-refractivity contribution in [2.24, 2.45) is 0 Å². The molecule has 2 saturated heterocycles. The molecule has 2 fully saturated rings. The standard InChI is InChI=1S/C18H28N2S/c1-2-17-14-20(12-13-21-17)15-18(8-10-19-11-9-18)16-6-4-3-5-7-16/h3-7,17,19H,2,8-15H2,1H3. The third-order valence-electron chi connectivity index (χ3n) is 5.15. The van der Waals surface area contributed by atoms with Crippen molar-refractivity contribution in [1.29, 1.82) is 0 Å². The average molecular weight is 305 g/mol. The predicted octanol–water partition coefficient (Wildman–Crippen LogP) is 3.14. The molecule has 0 spiro atoms. The Morgan fingerprint density at radius 1 is 1.24 bits per heavy atom. The molecule has 1 atom stereocenters. The minimum atomic E-state index is 0.368. The van der Waals surface area contributed by atoms with Crippen LogP contribution < -0.4 is 5.32 Å². The van der Waals surface area contributed by atoms with Crippen molar-refractivity contribution in [2.75, 3.05) is 38.5 Å². The van der Waals surface area contributed by atoms with E-state index in [-0.39, 0.29) is 0 Å². The van der Waals surface area contributed by atoms with Crippen LogP contribution in [-0.4, -0.2) is 48.6 Å². The van der Waals surface area contributed by atoms with Crippen LogP contribution in [0.4, 0.5) is 0 Å². The second kappa shape index (κ2) is 7.17. The number of hydrogen-bond acceptors (Lipinski definition) is 3. The van der Waals surface area contributed by atoms with Gasteiger partial charge in [-0.3, -0.25) is 0 Å². The van der Waals surface area contributed by atoms with Crippen molar-refractivity contribution in [3.05, 3.63) is 35.9 Å². The molecule has 0 aromatic heterocycles. The molecule has 0 saturated carbocycles. The highest BCUT2D eigenvalue weighted by Crippen LogP contribution is 2.35. The Bertz CT molecular complexity index is 428. The monoisotopic (exact) mass is 304 g/mol. The van der Waals surface area contributed by atoms with Gasteiger partial charge in [0.1, 0.15) is 0 Å². The first kappa shape index (κ1) is 15.4. The Morgan fingerprint density at radius 3 is 2.71 bits per heavy atom. The van der Waals surface area contributed by atoms with E-state index < -0.39 is 0 Å². The van der Waals surface area contributed by atoms with Crippen molar-refractivity contribution in [3.8, 4) is 0 Å². The van der Waals surface area contributed by atoms with E-state index >= 15 is 0 Å². The molecular weight excluding hydrogens is 276 g/mol. The minimum Gasteiger partial charge on any atom is -0.317 e. The maximum Gasteiger partial charge on any atom is 0.0172 e. The molecule has 116 valence electrons. The number of nitrogens with one attached hydrogen (secondary N) is 1. The number of piperidine rings is 1. The second-order valence-electron chi connectivity index (χ2n) is 6.53. The Hall–Kier alpha value is -0.510. The lowest BCUT2D eigenvalue weighted by Crippen LogP contribution is -2.50. The van der Waals surface area contributed by atoms with Crippen molar-refractivity contribution < 1.29 is 0 Å². The summed E-state index contributed by atoms with van der Waals surface area (Å²) in [5.41, 5.74) is 1.92. The summed E-state index contributed by atoms with van der Waals surface area (Å²) in [5, 5.41) is 4.38. The molecule has 1 N–H and O–H groups in total. The Morgan fingerprint density at radius 2 is 2.00 bits per heavy atom. The highest BCUT2D eigenvalue weighted by Gasteiger charge is 2.36. The fourth-order valence-electron chi connectivity index (χ4n) is 3.83. The van der Waals surface area contributed by atoms with Gasteiger partial charge in [0.2, 0.25) is 0 Å². The number of thioether (sulfide) groups is 1. The lowest BCUT2D eigenvalue weighted by atomic mass is 9.72. The normalized spacial score (nSPS) is 26.6. The molecule has 2 aliphatic rings. The average Bonchev–Trinajstić information content (AvgIpc) is 2.57. The Kier molecular flexibility index (Phi) is 5.25. The molecule has 3 heteroatoms. The predicted molar refractivity (Wildman–Crippen MR) is 93.2 cm³/mol. The van der Waals surface area contributed by atoms with Gasteiger partial charge in [-0.1, -0.05) is 37.3 Å². The smallest absolute Gasteiger partial charge is 0.0172 e. The summed E-state index contributed by atoms with van der Waals surface area (Å²) in [6.45, 7) is 8.45. The van der Waals surface area contributed by atoms with Gasteiger partial charge in [0.25, 0.3) is 0 Å². The van der Waals surface area contributed by atoms with Gasteiger partial charge in [-0.2, -0.15) is 11.8 Å². The maximum absolute atomic E-state index is 3.54. The molecule has 1 aromatic rings. The number of hydrogen-bond donors (Lipinski definition) is 1. The summed E-state index contributed by atoms with van der Waals surface area (Å²) in [5.74, 6) is 1.31. The first-order valence-electron chi connectivity index (χ1n) is 8.43. The van der Waals surface area contributed by atoms with Gasteiger partial charge in [-0.05, 0) is 37.9 Å². The van der Waals surface area contributed by atoms with Crippen molar-refractivity contribution in [3.63, 3.8) is 0 Å². The topological polar surface area (TPSA) is 15.3 Å². The summed E-state index contributed by atoms with van der Waals surface area (Å²) >= 11 is 2.17. The molecule has 3 rings (SSSR count). The third kappa shape index (κ3) is 3.64. The summed E-state index contributed by atoms with van der Waals surface area (Å²) in [7, 11) is 0. The molecule has 0 radical (unpaired) electrons. The maximum atomic E-state index is 3.54. The molecule has 2 aliphatic heterocycles. The van der Waals surface area contributed by atoms with E-state index in [9.17, 15) is 0 Å². The zero-order chi connectivity index (χ0) is 14.5.